The Bertz CT molecular complexity index is 633. The van der Waals surface area contributed by atoms with E-state index < -0.39 is 0 Å². The van der Waals surface area contributed by atoms with E-state index in [9.17, 15) is 9.90 Å². The Morgan fingerprint density at radius 2 is 2.12 bits per heavy atom. The molecule has 1 atom stereocenters. The number of aromatic hydroxyl groups is 1. The van der Waals surface area contributed by atoms with Crippen molar-refractivity contribution >= 4 is 35.3 Å². The molecule has 1 unspecified atom stereocenters. The quantitative estimate of drug-likeness (QED) is 0.388. The van der Waals surface area contributed by atoms with Crippen molar-refractivity contribution < 1.29 is 9.90 Å². The summed E-state index contributed by atoms with van der Waals surface area (Å²) in [6.07, 6.45) is 4.02. The van der Waals surface area contributed by atoms with Crippen LogP contribution in [0.1, 0.15) is 33.6 Å². The van der Waals surface area contributed by atoms with E-state index in [0.29, 0.717) is 15.6 Å². The zero-order valence-electron chi connectivity index (χ0n) is 14.2. The summed E-state index contributed by atoms with van der Waals surface area (Å²) in [6, 6.07) is 3.03. The van der Waals surface area contributed by atoms with E-state index in [1.165, 1.54) is 17.5 Å². The van der Waals surface area contributed by atoms with Gasteiger partial charge in [0.05, 0.1) is 21.6 Å². The summed E-state index contributed by atoms with van der Waals surface area (Å²) in [7, 11) is 0. The Labute approximate surface area is 152 Å². The van der Waals surface area contributed by atoms with Crippen molar-refractivity contribution in [3.8, 4) is 5.75 Å². The number of nitrogens with zero attached hydrogens (tertiary/aromatic N) is 1. The molecule has 3 N–H and O–H groups in total. The van der Waals surface area contributed by atoms with E-state index in [1.54, 1.807) is 12.1 Å². The van der Waals surface area contributed by atoms with Gasteiger partial charge in [-0.1, -0.05) is 37.1 Å². The van der Waals surface area contributed by atoms with Crippen molar-refractivity contribution in [3.63, 3.8) is 0 Å². The van der Waals surface area contributed by atoms with Crippen molar-refractivity contribution in [2.24, 2.45) is 0 Å². The summed E-state index contributed by atoms with van der Waals surface area (Å²) in [6.45, 7) is 7.73. The number of allylic oxidation sites excluding steroid dienone is 1. The molecule has 0 aromatic heterocycles. The van der Waals surface area contributed by atoms with Crippen LogP contribution in [0.4, 0.5) is 10.5 Å². The van der Waals surface area contributed by atoms with E-state index in [4.69, 9.17) is 11.6 Å². The van der Waals surface area contributed by atoms with Crippen LogP contribution >= 0.6 is 23.5 Å². The SMILES string of the molecule is CCN(CC)Sc1c(Cl)ccc(NC(=O)NC2CCC=C2C)c1O. The standard InChI is InChI=1S/C17H24ClN3O2S/c1-4-21(5-2)24-16-12(18)9-10-14(15(16)22)20-17(23)19-13-8-6-7-11(13)3/h7,9-10,13,22H,4-6,8H2,1-3H3,(H2,19,20,23). The Hall–Kier alpha value is -1.37. The predicted octanol–water partition coefficient (Wildman–Crippen LogP) is 4.62. The minimum Gasteiger partial charge on any atom is -0.505 e. The Morgan fingerprint density at radius 1 is 1.42 bits per heavy atom. The monoisotopic (exact) mass is 369 g/mol. The van der Waals surface area contributed by atoms with E-state index in [-0.39, 0.29) is 17.8 Å². The van der Waals surface area contributed by atoms with Gasteiger partial charge >= 0.3 is 6.03 Å². The predicted molar refractivity (Wildman–Crippen MR) is 101 cm³/mol. The molecule has 1 aromatic rings. The van der Waals surface area contributed by atoms with Gasteiger partial charge in [0.2, 0.25) is 0 Å². The number of hydrogen-bond donors (Lipinski definition) is 3. The molecule has 0 heterocycles. The number of halogens is 1. The molecule has 0 spiro atoms. The first-order valence-electron chi connectivity index (χ1n) is 8.14. The van der Waals surface area contributed by atoms with Crippen LogP contribution in [0, 0.1) is 0 Å². The number of amides is 2. The molecule has 0 saturated heterocycles. The van der Waals surface area contributed by atoms with Crippen molar-refractivity contribution in [1.29, 1.82) is 0 Å². The lowest BCUT2D eigenvalue weighted by Gasteiger charge is -2.20. The third-order valence-corrected chi connectivity index (χ3v) is 5.83. The molecule has 5 nitrogen and oxygen atoms in total. The van der Waals surface area contributed by atoms with Gasteiger partial charge in [-0.3, -0.25) is 0 Å². The van der Waals surface area contributed by atoms with Crippen LogP contribution in [0.15, 0.2) is 28.7 Å². The zero-order chi connectivity index (χ0) is 17.7. The summed E-state index contributed by atoms with van der Waals surface area (Å²) >= 11 is 7.60. The number of anilines is 1. The third kappa shape index (κ3) is 4.59. The minimum absolute atomic E-state index is 0.00626. The number of carbonyl (C=O) groups is 1. The van der Waals surface area contributed by atoms with Crippen LogP contribution in [0.25, 0.3) is 0 Å². The lowest BCUT2D eigenvalue weighted by atomic mass is 10.2. The molecule has 0 aliphatic heterocycles. The average Bonchev–Trinajstić information content (AvgIpc) is 2.95. The number of rotatable bonds is 6. The van der Waals surface area contributed by atoms with Gasteiger partial charge in [-0.25, -0.2) is 9.10 Å². The van der Waals surface area contributed by atoms with Gasteiger partial charge in [0.15, 0.2) is 5.75 Å². The fourth-order valence-electron chi connectivity index (χ4n) is 2.57. The van der Waals surface area contributed by atoms with Crippen molar-refractivity contribution in [1.82, 2.24) is 9.62 Å². The molecule has 1 aliphatic rings. The molecule has 1 aromatic carbocycles. The molecule has 0 saturated carbocycles. The number of urea groups is 1. The van der Waals surface area contributed by atoms with Crippen molar-refractivity contribution in [2.75, 3.05) is 18.4 Å². The second kappa shape index (κ2) is 8.65. The number of phenolic OH excluding ortho intramolecular Hbond substituents is 1. The molecule has 0 fully saturated rings. The van der Waals surface area contributed by atoms with Crippen molar-refractivity contribution in [2.45, 2.75) is 44.6 Å². The Morgan fingerprint density at radius 3 is 2.71 bits per heavy atom. The lowest BCUT2D eigenvalue weighted by Crippen LogP contribution is -2.37. The molecule has 24 heavy (non-hydrogen) atoms. The van der Waals surface area contributed by atoms with E-state index >= 15 is 0 Å². The summed E-state index contributed by atoms with van der Waals surface area (Å²) in [5.74, 6) is -0.00626. The van der Waals surface area contributed by atoms with Gasteiger partial charge in [0.25, 0.3) is 0 Å². The maximum absolute atomic E-state index is 12.2. The molecule has 2 amide bonds. The van der Waals surface area contributed by atoms with Gasteiger partial charge in [-0.2, -0.15) is 0 Å². The number of carbonyl (C=O) groups excluding carboxylic acids is 1. The number of hydrogen-bond acceptors (Lipinski definition) is 4. The molecule has 2 rings (SSSR count). The van der Waals surface area contributed by atoms with Crippen molar-refractivity contribution in [3.05, 3.63) is 28.8 Å². The second-order valence-corrected chi connectivity index (χ2v) is 7.17. The van der Waals surface area contributed by atoms with Gasteiger partial charge in [-0.15, -0.1) is 0 Å². The number of phenols is 1. The fourth-order valence-corrected chi connectivity index (χ4v) is 3.69. The fraction of sp³-hybridized carbons (Fsp3) is 0.471. The highest BCUT2D eigenvalue weighted by atomic mass is 35.5. The maximum Gasteiger partial charge on any atom is 0.319 e. The normalized spacial score (nSPS) is 17.0. The highest BCUT2D eigenvalue weighted by Crippen LogP contribution is 2.41. The van der Waals surface area contributed by atoms with Crippen LogP contribution in [0.2, 0.25) is 5.02 Å². The molecule has 132 valence electrons. The number of nitrogens with one attached hydrogen (secondary N) is 2. The number of benzene rings is 1. The first-order chi connectivity index (χ1) is 11.5. The summed E-state index contributed by atoms with van der Waals surface area (Å²) in [4.78, 5) is 12.7. The molecule has 1 aliphatic carbocycles. The maximum atomic E-state index is 12.2. The second-order valence-electron chi connectivity index (χ2n) is 5.65. The van der Waals surface area contributed by atoms with Crippen LogP contribution in [-0.4, -0.2) is 34.6 Å². The Kier molecular flexibility index (Phi) is 6.83. The topological polar surface area (TPSA) is 64.6 Å². The van der Waals surface area contributed by atoms with Gasteiger partial charge < -0.3 is 15.7 Å². The molecular formula is C17H24ClN3O2S. The first-order valence-corrected chi connectivity index (χ1v) is 9.29. The lowest BCUT2D eigenvalue weighted by molar-refractivity contribution is 0.249. The smallest absolute Gasteiger partial charge is 0.319 e. The summed E-state index contributed by atoms with van der Waals surface area (Å²) in [5.41, 5.74) is 1.52. The average molecular weight is 370 g/mol. The zero-order valence-corrected chi connectivity index (χ0v) is 15.8. The molecule has 0 radical (unpaired) electrons. The van der Waals surface area contributed by atoms with Crippen LogP contribution in [0.3, 0.4) is 0 Å². The molecule has 7 heteroatoms. The van der Waals surface area contributed by atoms with E-state index in [2.05, 4.69) is 21.0 Å². The van der Waals surface area contributed by atoms with Crippen LogP contribution in [-0.2, 0) is 0 Å². The highest BCUT2D eigenvalue weighted by Gasteiger charge is 2.20. The van der Waals surface area contributed by atoms with E-state index in [1.807, 2.05) is 20.8 Å². The Balaban J connectivity index is 2.10. The summed E-state index contributed by atoms with van der Waals surface area (Å²) < 4.78 is 2.07. The molecule has 0 bridgehead atoms. The van der Waals surface area contributed by atoms with E-state index in [0.717, 1.165) is 25.9 Å². The first kappa shape index (κ1) is 19.0. The van der Waals surface area contributed by atoms with Gasteiger partial charge in [0, 0.05) is 13.1 Å². The largest absolute Gasteiger partial charge is 0.505 e. The summed E-state index contributed by atoms with van der Waals surface area (Å²) in [5, 5.41) is 16.6. The highest BCUT2D eigenvalue weighted by molar-refractivity contribution is 7.97. The minimum atomic E-state index is -0.328. The third-order valence-electron chi connectivity index (χ3n) is 4.03. The van der Waals surface area contributed by atoms with Gasteiger partial charge in [0.1, 0.15) is 0 Å². The van der Waals surface area contributed by atoms with Crippen LogP contribution in [0.5, 0.6) is 5.75 Å². The van der Waals surface area contributed by atoms with Gasteiger partial charge in [-0.05, 0) is 43.8 Å². The van der Waals surface area contributed by atoms with Crippen LogP contribution < -0.4 is 10.6 Å². The molecular weight excluding hydrogens is 346 g/mol.